The van der Waals surface area contributed by atoms with Crippen molar-refractivity contribution in [1.29, 1.82) is 0 Å². The van der Waals surface area contributed by atoms with Gasteiger partial charge in [0.25, 0.3) is 0 Å². The molecule has 1 heterocycles. The molecule has 0 spiro atoms. The fraction of sp³-hybridized carbons (Fsp3) is 0.308. The van der Waals surface area contributed by atoms with E-state index >= 15 is 0 Å². The van der Waals surface area contributed by atoms with Crippen LogP contribution in [0.4, 0.5) is 9.18 Å². The topological polar surface area (TPSA) is 61.4 Å². The zero-order valence-corrected chi connectivity index (χ0v) is 10.0. The molecule has 1 aromatic carbocycles. The van der Waals surface area contributed by atoms with E-state index in [0.29, 0.717) is 13.1 Å². The van der Waals surface area contributed by atoms with Gasteiger partial charge in [0.1, 0.15) is 5.82 Å². The summed E-state index contributed by atoms with van der Waals surface area (Å²) >= 11 is 0. The first-order valence-corrected chi connectivity index (χ1v) is 5.70. The number of nitrogens with one attached hydrogen (secondary N) is 2. The molecule has 1 aliphatic rings. The minimum atomic E-state index is -1.07. The van der Waals surface area contributed by atoms with Crippen molar-refractivity contribution in [2.24, 2.45) is 0 Å². The van der Waals surface area contributed by atoms with Crippen molar-refractivity contribution < 1.29 is 14.3 Å². The lowest BCUT2D eigenvalue weighted by Gasteiger charge is -2.36. The molecule has 3 N–H and O–H groups in total. The third-order valence-corrected chi connectivity index (χ3v) is 3.06. The van der Waals surface area contributed by atoms with Crippen molar-refractivity contribution in [2.75, 3.05) is 13.1 Å². The van der Waals surface area contributed by atoms with Gasteiger partial charge in [0.15, 0.2) is 0 Å². The van der Waals surface area contributed by atoms with E-state index in [4.69, 9.17) is 5.11 Å². The van der Waals surface area contributed by atoms with E-state index in [1.54, 1.807) is 12.1 Å². The molecule has 4 nitrogen and oxygen atoms in total. The molecule has 1 aromatic rings. The summed E-state index contributed by atoms with van der Waals surface area (Å²) in [4.78, 5) is 10.9. The maximum atomic E-state index is 12.9. The quantitative estimate of drug-likeness (QED) is 0.750. The Labute approximate surface area is 105 Å². The van der Waals surface area contributed by atoms with Crippen LogP contribution in [0.15, 0.2) is 30.3 Å². The second-order valence-electron chi connectivity index (χ2n) is 4.52. The van der Waals surface area contributed by atoms with E-state index in [1.165, 1.54) is 12.1 Å². The summed E-state index contributed by atoms with van der Waals surface area (Å²) in [5.74, 6) is -0.304. The molecule has 0 saturated carbocycles. The van der Waals surface area contributed by atoms with Crippen LogP contribution in [0.1, 0.15) is 12.5 Å². The highest BCUT2D eigenvalue weighted by molar-refractivity contribution is 5.79. The van der Waals surface area contributed by atoms with Crippen LogP contribution in [0.2, 0.25) is 0 Å². The highest BCUT2D eigenvalue weighted by atomic mass is 19.1. The maximum Gasteiger partial charge on any atom is 0.405 e. The van der Waals surface area contributed by atoms with E-state index in [1.807, 2.05) is 13.0 Å². The monoisotopic (exact) mass is 250 g/mol. The Kier molecular flexibility index (Phi) is 3.34. The van der Waals surface area contributed by atoms with E-state index in [2.05, 4.69) is 10.6 Å². The number of benzene rings is 1. The number of hydrogen-bond acceptors (Lipinski definition) is 2. The van der Waals surface area contributed by atoms with Gasteiger partial charge in [-0.05, 0) is 30.2 Å². The van der Waals surface area contributed by atoms with Gasteiger partial charge in [0.05, 0.1) is 5.54 Å². The van der Waals surface area contributed by atoms with Gasteiger partial charge < -0.3 is 15.7 Å². The summed E-state index contributed by atoms with van der Waals surface area (Å²) in [7, 11) is 0. The summed E-state index contributed by atoms with van der Waals surface area (Å²) in [6.07, 6.45) is 0.848. The van der Waals surface area contributed by atoms with Crippen molar-refractivity contribution in [3.63, 3.8) is 0 Å². The molecular weight excluding hydrogens is 235 g/mol. The first kappa shape index (κ1) is 12.6. The van der Waals surface area contributed by atoms with Crippen LogP contribution in [0.25, 0.3) is 5.57 Å². The highest BCUT2D eigenvalue weighted by Gasteiger charge is 2.33. The summed E-state index contributed by atoms with van der Waals surface area (Å²) in [5.41, 5.74) is 0.986. The minimum Gasteiger partial charge on any atom is -0.465 e. The van der Waals surface area contributed by atoms with Crippen molar-refractivity contribution in [3.8, 4) is 0 Å². The SMILES string of the molecule is CC1(NC(=O)O)CNCC=C1c1ccc(F)cc1. The minimum absolute atomic E-state index is 0.304. The van der Waals surface area contributed by atoms with Gasteiger partial charge in [-0.15, -0.1) is 0 Å². The number of carboxylic acid groups (broad SMARTS) is 1. The normalized spacial score (nSPS) is 23.3. The molecular formula is C13H15FN2O2. The summed E-state index contributed by atoms with van der Waals surface area (Å²) in [5, 5.41) is 14.5. The second-order valence-corrected chi connectivity index (χ2v) is 4.52. The molecule has 0 saturated heterocycles. The average Bonchev–Trinajstić information content (AvgIpc) is 2.29. The van der Waals surface area contributed by atoms with E-state index in [9.17, 15) is 9.18 Å². The number of rotatable bonds is 2. The van der Waals surface area contributed by atoms with E-state index < -0.39 is 11.6 Å². The zero-order valence-electron chi connectivity index (χ0n) is 10.0. The van der Waals surface area contributed by atoms with Gasteiger partial charge in [-0.25, -0.2) is 9.18 Å². The lowest BCUT2D eigenvalue weighted by atomic mass is 9.84. The average molecular weight is 250 g/mol. The summed E-state index contributed by atoms with van der Waals surface area (Å²) < 4.78 is 12.9. The Morgan fingerprint density at radius 3 is 2.72 bits per heavy atom. The Balaban J connectivity index is 2.36. The van der Waals surface area contributed by atoms with Crippen LogP contribution >= 0.6 is 0 Å². The number of hydrogen-bond donors (Lipinski definition) is 3. The standard InChI is InChI=1S/C13H15FN2O2/c1-13(16-12(17)18)8-15-7-6-11(13)9-2-4-10(14)5-3-9/h2-6,15-16H,7-8H2,1H3,(H,17,18). The molecule has 1 amide bonds. The predicted molar refractivity (Wildman–Crippen MR) is 66.8 cm³/mol. The van der Waals surface area contributed by atoms with Crippen molar-refractivity contribution in [2.45, 2.75) is 12.5 Å². The number of carbonyl (C=O) groups is 1. The lowest BCUT2D eigenvalue weighted by Crippen LogP contribution is -2.55. The fourth-order valence-electron chi connectivity index (χ4n) is 2.23. The van der Waals surface area contributed by atoms with Crippen molar-refractivity contribution >= 4 is 11.7 Å². The van der Waals surface area contributed by atoms with Crippen LogP contribution in [0.5, 0.6) is 0 Å². The molecule has 0 aliphatic carbocycles. The Morgan fingerprint density at radius 1 is 1.44 bits per heavy atom. The Bertz CT molecular complexity index is 484. The molecule has 5 heteroatoms. The van der Waals surface area contributed by atoms with Crippen molar-refractivity contribution in [3.05, 3.63) is 41.7 Å². The number of amides is 1. The molecule has 0 bridgehead atoms. The van der Waals surface area contributed by atoms with Gasteiger partial charge in [-0.3, -0.25) is 0 Å². The molecule has 1 atom stereocenters. The fourth-order valence-corrected chi connectivity index (χ4v) is 2.23. The van der Waals surface area contributed by atoms with Gasteiger partial charge >= 0.3 is 6.09 Å². The number of halogens is 1. The zero-order chi connectivity index (χ0) is 13.2. The molecule has 0 radical (unpaired) electrons. The molecule has 1 unspecified atom stereocenters. The van der Waals surface area contributed by atoms with Crippen molar-refractivity contribution in [1.82, 2.24) is 10.6 Å². The summed E-state index contributed by atoms with van der Waals surface area (Å²) in [6.45, 7) is 2.98. The van der Waals surface area contributed by atoms with Crippen LogP contribution in [-0.2, 0) is 0 Å². The molecule has 18 heavy (non-hydrogen) atoms. The van der Waals surface area contributed by atoms with Gasteiger partial charge in [0.2, 0.25) is 0 Å². The molecule has 0 fully saturated rings. The van der Waals surface area contributed by atoms with Crippen LogP contribution in [0.3, 0.4) is 0 Å². The van der Waals surface area contributed by atoms with Gasteiger partial charge in [-0.1, -0.05) is 18.2 Å². The molecule has 1 aliphatic heterocycles. The lowest BCUT2D eigenvalue weighted by molar-refractivity contribution is 0.185. The smallest absolute Gasteiger partial charge is 0.405 e. The van der Waals surface area contributed by atoms with Crippen LogP contribution in [0, 0.1) is 5.82 Å². The summed E-state index contributed by atoms with van der Waals surface area (Å²) in [6, 6.07) is 6.07. The van der Waals surface area contributed by atoms with E-state index in [-0.39, 0.29) is 5.82 Å². The first-order chi connectivity index (χ1) is 8.51. The molecule has 2 rings (SSSR count). The predicted octanol–water partition coefficient (Wildman–Crippen LogP) is 1.84. The Morgan fingerprint density at radius 2 is 2.11 bits per heavy atom. The van der Waals surface area contributed by atoms with E-state index in [0.717, 1.165) is 11.1 Å². The van der Waals surface area contributed by atoms with Gasteiger partial charge in [0, 0.05) is 13.1 Å². The Hall–Kier alpha value is -1.88. The first-order valence-electron chi connectivity index (χ1n) is 5.70. The van der Waals surface area contributed by atoms with Crippen LogP contribution in [-0.4, -0.2) is 29.8 Å². The third kappa shape index (κ3) is 2.51. The second kappa shape index (κ2) is 4.78. The molecule has 0 aromatic heterocycles. The molecule has 96 valence electrons. The largest absolute Gasteiger partial charge is 0.465 e. The maximum absolute atomic E-state index is 12.9. The third-order valence-electron chi connectivity index (χ3n) is 3.06. The van der Waals surface area contributed by atoms with Gasteiger partial charge in [-0.2, -0.15) is 0 Å². The van der Waals surface area contributed by atoms with Crippen LogP contribution < -0.4 is 10.6 Å². The highest BCUT2D eigenvalue weighted by Crippen LogP contribution is 2.28.